The van der Waals surface area contributed by atoms with E-state index in [1.165, 1.54) is 25.1 Å². The molecule has 0 saturated carbocycles. The highest BCUT2D eigenvalue weighted by molar-refractivity contribution is 6.01. The number of nitro benzene ring substituents is 1. The van der Waals surface area contributed by atoms with Gasteiger partial charge in [-0.05, 0) is 56.5 Å². The third-order valence-electron chi connectivity index (χ3n) is 4.19. The lowest BCUT2D eigenvalue weighted by Gasteiger charge is -2.15. The Hall–Kier alpha value is -3.22. The van der Waals surface area contributed by atoms with Crippen molar-refractivity contribution in [3.05, 3.63) is 68.8 Å². The normalized spacial score (nSPS) is 11.6. The molecule has 0 bridgehead atoms. The molecule has 0 fully saturated rings. The molecule has 7 nitrogen and oxygen atoms in total. The Balaban J connectivity index is 2.01. The number of aryl methyl sites for hydroxylation is 3. The second kappa shape index (κ2) is 8.44. The van der Waals surface area contributed by atoms with E-state index in [0.29, 0.717) is 5.56 Å². The van der Waals surface area contributed by atoms with Crippen LogP contribution in [0.15, 0.2) is 36.4 Å². The Morgan fingerprint density at radius 2 is 1.70 bits per heavy atom. The zero-order valence-electron chi connectivity index (χ0n) is 15.6. The quantitative estimate of drug-likeness (QED) is 0.319. The third-order valence-corrected chi connectivity index (χ3v) is 4.19. The van der Waals surface area contributed by atoms with E-state index in [1.54, 1.807) is 12.1 Å². The van der Waals surface area contributed by atoms with E-state index in [4.69, 9.17) is 9.47 Å². The number of carbonyl (C=O) groups excluding carboxylic acids is 2. The highest BCUT2D eigenvalue weighted by Crippen LogP contribution is 2.25. The average molecular weight is 371 g/mol. The van der Waals surface area contributed by atoms with Gasteiger partial charge < -0.3 is 9.47 Å². The molecule has 0 spiro atoms. The molecule has 2 rings (SSSR count). The molecule has 0 heterocycles. The summed E-state index contributed by atoms with van der Waals surface area (Å²) in [6.07, 6.45) is -0.993. The first-order valence-electron chi connectivity index (χ1n) is 8.38. The Morgan fingerprint density at radius 1 is 1.07 bits per heavy atom. The molecule has 0 N–H and O–H groups in total. The van der Waals surface area contributed by atoms with Crippen LogP contribution in [0.3, 0.4) is 0 Å². The lowest BCUT2D eigenvalue weighted by Crippen LogP contribution is -2.28. The molecule has 0 aliphatic rings. The summed E-state index contributed by atoms with van der Waals surface area (Å²) in [4.78, 5) is 34.9. The van der Waals surface area contributed by atoms with E-state index in [-0.39, 0.29) is 17.2 Å². The van der Waals surface area contributed by atoms with Gasteiger partial charge in [0.1, 0.15) is 0 Å². The summed E-state index contributed by atoms with van der Waals surface area (Å²) >= 11 is 0. The van der Waals surface area contributed by atoms with Gasteiger partial charge in [0.2, 0.25) is 5.78 Å². The van der Waals surface area contributed by atoms with Gasteiger partial charge in [0.15, 0.2) is 18.5 Å². The first-order chi connectivity index (χ1) is 12.7. The lowest BCUT2D eigenvalue weighted by molar-refractivity contribution is -0.385. The molecule has 0 aliphatic carbocycles. The average Bonchev–Trinajstić information content (AvgIpc) is 2.62. The highest BCUT2D eigenvalue weighted by Gasteiger charge is 2.22. The fourth-order valence-corrected chi connectivity index (χ4v) is 2.60. The summed E-state index contributed by atoms with van der Waals surface area (Å²) in [5.41, 5.74) is 3.11. The largest absolute Gasteiger partial charge is 0.475 e. The van der Waals surface area contributed by atoms with Crippen LogP contribution in [0.5, 0.6) is 5.75 Å². The Bertz CT molecular complexity index is 890. The zero-order chi connectivity index (χ0) is 20.1. The van der Waals surface area contributed by atoms with Gasteiger partial charge in [-0.15, -0.1) is 0 Å². The fraction of sp³-hybridized carbons (Fsp3) is 0.300. The van der Waals surface area contributed by atoms with Crippen LogP contribution in [0.2, 0.25) is 0 Å². The number of esters is 1. The van der Waals surface area contributed by atoms with Gasteiger partial charge >= 0.3 is 11.7 Å². The predicted molar refractivity (Wildman–Crippen MR) is 99.1 cm³/mol. The van der Waals surface area contributed by atoms with Crippen molar-refractivity contribution in [2.75, 3.05) is 6.61 Å². The van der Waals surface area contributed by atoms with Crippen molar-refractivity contribution in [2.24, 2.45) is 0 Å². The highest BCUT2D eigenvalue weighted by atomic mass is 16.6. The van der Waals surface area contributed by atoms with Gasteiger partial charge in [-0.25, -0.2) is 4.79 Å². The van der Waals surface area contributed by atoms with Crippen molar-refractivity contribution in [1.29, 1.82) is 0 Å². The van der Waals surface area contributed by atoms with Crippen LogP contribution in [0.25, 0.3) is 0 Å². The number of nitrogens with zero attached hydrogens (tertiary/aromatic N) is 1. The first-order valence-corrected chi connectivity index (χ1v) is 8.38. The maximum atomic E-state index is 12.6. The SMILES string of the molecule is Cc1cc(C)c(C(=O)[C@H](C)OC(=O)COc2ccccc2[N+](=O)[O-])cc1C. The molecule has 7 heteroatoms. The molecule has 1 atom stereocenters. The molecule has 2 aromatic rings. The molecule has 142 valence electrons. The molecule has 0 aliphatic heterocycles. The summed E-state index contributed by atoms with van der Waals surface area (Å²) in [5, 5.41) is 10.9. The summed E-state index contributed by atoms with van der Waals surface area (Å²) in [6.45, 7) is 6.64. The minimum Gasteiger partial charge on any atom is -0.475 e. The molecule has 0 saturated heterocycles. The minimum atomic E-state index is -0.993. The van der Waals surface area contributed by atoms with Crippen molar-refractivity contribution in [2.45, 2.75) is 33.8 Å². The van der Waals surface area contributed by atoms with Gasteiger partial charge in [0.25, 0.3) is 0 Å². The number of ketones is 1. The zero-order valence-corrected chi connectivity index (χ0v) is 15.6. The van der Waals surface area contributed by atoms with Gasteiger partial charge in [-0.2, -0.15) is 0 Å². The molecule has 0 amide bonds. The van der Waals surface area contributed by atoms with Gasteiger partial charge in [0.05, 0.1) is 4.92 Å². The topological polar surface area (TPSA) is 95.7 Å². The second-order valence-corrected chi connectivity index (χ2v) is 6.26. The number of ether oxygens (including phenoxy) is 2. The number of carbonyl (C=O) groups is 2. The number of hydrogen-bond donors (Lipinski definition) is 0. The molecular formula is C20H21NO6. The summed E-state index contributed by atoms with van der Waals surface area (Å²) in [6, 6.07) is 9.40. The lowest BCUT2D eigenvalue weighted by atomic mass is 9.96. The molecule has 0 radical (unpaired) electrons. The van der Waals surface area contributed by atoms with E-state index in [0.717, 1.165) is 16.7 Å². The van der Waals surface area contributed by atoms with Crippen molar-refractivity contribution in [3.8, 4) is 5.75 Å². The Morgan fingerprint density at radius 3 is 2.37 bits per heavy atom. The van der Waals surface area contributed by atoms with Crippen molar-refractivity contribution >= 4 is 17.4 Å². The summed E-state index contributed by atoms with van der Waals surface area (Å²) < 4.78 is 10.3. The van der Waals surface area contributed by atoms with Gasteiger partial charge in [-0.1, -0.05) is 18.2 Å². The van der Waals surface area contributed by atoms with Gasteiger partial charge in [-0.3, -0.25) is 14.9 Å². The first kappa shape index (κ1) is 20.1. The van der Waals surface area contributed by atoms with Crippen LogP contribution in [-0.4, -0.2) is 29.4 Å². The number of benzene rings is 2. The number of nitro groups is 1. The van der Waals surface area contributed by atoms with Crippen LogP contribution < -0.4 is 4.74 Å². The molecule has 0 unspecified atom stereocenters. The van der Waals surface area contributed by atoms with Crippen molar-refractivity contribution in [1.82, 2.24) is 0 Å². The van der Waals surface area contributed by atoms with E-state index in [1.807, 2.05) is 26.8 Å². The number of rotatable bonds is 7. The van der Waals surface area contributed by atoms with Gasteiger partial charge in [0, 0.05) is 11.6 Å². The van der Waals surface area contributed by atoms with Crippen molar-refractivity contribution < 1.29 is 24.0 Å². The number of Topliss-reactive ketones (excluding diaryl/α,β-unsaturated/α-hetero) is 1. The third kappa shape index (κ3) is 4.91. The molecular weight excluding hydrogens is 350 g/mol. The van der Waals surface area contributed by atoms with E-state index in [2.05, 4.69) is 0 Å². The number of para-hydroxylation sites is 2. The van der Waals surface area contributed by atoms with Crippen LogP contribution in [0, 0.1) is 30.9 Å². The predicted octanol–water partition coefficient (Wildman–Crippen LogP) is 3.71. The fourth-order valence-electron chi connectivity index (χ4n) is 2.60. The molecule has 0 aromatic heterocycles. The smallest absolute Gasteiger partial charge is 0.344 e. The van der Waals surface area contributed by atoms with Crippen LogP contribution in [0.1, 0.15) is 34.0 Å². The van der Waals surface area contributed by atoms with Crippen molar-refractivity contribution in [3.63, 3.8) is 0 Å². The standard InChI is InChI=1S/C20H21NO6/c1-12-9-14(3)16(10-13(12)2)20(23)15(4)27-19(22)11-26-18-8-6-5-7-17(18)21(24)25/h5-10,15H,11H2,1-4H3/t15-/m0/s1. The maximum Gasteiger partial charge on any atom is 0.344 e. The number of hydrogen-bond acceptors (Lipinski definition) is 6. The second-order valence-electron chi connectivity index (χ2n) is 6.26. The Labute approximate surface area is 157 Å². The van der Waals surface area contributed by atoms with Crippen LogP contribution in [0.4, 0.5) is 5.69 Å². The van der Waals surface area contributed by atoms with Crippen LogP contribution in [-0.2, 0) is 9.53 Å². The molecule has 27 heavy (non-hydrogen) atoms. The Kier molecular flexibility index (Phi) is 6.28. The summed E-state index contributed by atoms with van der Waals surface area (Å²) in [7, 11) is 0. The van der Waals surface area contributed by atoms with E-state index >= 15 is 0 Å². The maximum absolute atomic E-state index is 12.6. The van der Waals surface area contributed by atoms with E-state index < -0.39 is 23.6 Å². The minimum absolute atomic E-state index is 0.0385. The molecule has 2 aromatic carbocycles. The van der Waals surface area contributed by atoms with E-state index in [9.17, 15) is 19.7 Å². The monoisotopic (exact) mass is 371 g/mol. The van der Waals surface area contributed by atoms with Crippen LogP contribution >= 0.6 is 0 Å². The summed E-state index contributed by atoms with van der Waals surface area (Å²) in [5.74, 6) is -1.13.